The van der Waals surface area contributed by atoms with E-state index in [0.717, 1.165) is 19.3 Å². The van der Waals surface area contributed by atoms with Crippen molar-refractivity contribution >= 4 is 21.5 Å². The number of hydrogen-bond donors (Lipinski definition) is 2. The molecule has 108 valence electrons. The number of rotatable bonds is 5. The van der Waals surface area contributed by atoms with Crippen LogP contribution in [-0.4, -0.2) is 17.8 Å². The molecule has 0 spiro atoms. The molecule has 2 nitrogen and oxygen atoms in total. The minimum atomic E-state index is 0.0988. The molecule has 3 N–H and O–H groups in total. The van der Waals surface area contributed by atoms with Crippen LogP contribution in [-0.2, 0) is 6.42 Å². The standard InChI is InChI=1S/C19H21NO/c20-16(7-5-11-21)13-15-12-14-6-1-2-8-17(14)19-10-4-3-9-18(15)19/h1-4,6,8-10,12,16,21H,5,7,11,13,20H2. The molecule has 3 aromatic rings. The van der Waals surface area contributed by atoms with Gasteiger partial charge in [0.15, 0.2) is 0 Å². The summed E-state index contributed by atoms with van der Waals surface area (Å²) in [6, 6.07) is 19.4. The second-order valence-corrected chi connectivity index (χ2v) is 5.63. The summed E-state index contributed by atoms with van der Waals surface area (Å²) in [5.41, 5.74) is 7.52. The van der Waals surface area contributed by atoms with Gasteiger partial charge in [0.25, 0.3) is 0 Å². The highest BCUT2D eigenvalue weighted by Crippen LogP contribution is 2.29. The predicted octanol–water partition coefficient (Wildman–Crippen LogP) is 3.64. The maximum absolute atomic E-state index is 8.94. The Morgan fingerprint density at radius 3 is 2.33 bits per heavy atom. The van der Waals surface area contributed by atoms with Gasteiger partial charge in [-0.15, -0.1) is 0 Å². The first-order valence-corrected chi connectivity index (χ1v) is 7.55. The summed E-state index contributed by atoms with van der Waals surface area (Å²) in [6.45, 7) is 0.214. The molecule has 0 radical (unpaired) electrons. The van der Waals surface area contributed by atoms with Crippen LogP contribution in [0.4, 0.5) is 0 Å². The number of hydrogen-bond acceptors (Lipinski definition) is 2. The molecule has 0 fully saturated rings. The molecule has 21 heavy (non-hydrogen) atoms. The third kappa shape index (κ3) is 2.92. The second kappa shape index (κ2) is 6.25. The quantitative estimate of drug-likeness (QED) is 0.700. The first kappa shape index (κ1) is 14.1. The average molecular weight is 279 g/mol. The Morgan fingerprint density at radius 1 is 0.905 bits per heavy atom. The van der Waals surface area contributed by atoms with Gasteiger partial charge in [-0.05, 0) is 46.4 Å². The Balaban J connectivity index is 2.07. The Hall–Kier alpha value is -1.90. The van der Waals surface area contributed by atoms with E-state index < -0.39 is 0 Å². The van der Waals surface area contributed by atoms with Crippen LogP contribution in [0.15, 0.2) is 54.6 Å². The minimum absolute atomic E-state index is 0.0988. The lowest BCUT2D eigenvalue weighted by Crippen LogP contribution is -2.23. The molecule has 3 rings (SSSR count). The molecular formula is C19H21NO. The fraction of sp³-hybridized carbons (Fsp3) is 0.263. The van der Waals surface area contributed by atoms with E-state index in [0.29, 0.717) is 0 Å². The van der Waals surface area contributed by atoms with Crippen LogP contribution in [0.25, 0.3) is 21.5 Å². The summed E-state index contributed by atoms with van der Waals surface area (Å²) < 4.78 is 0. The first-order valence-electron chi connectivity index (χ1n) is 7.55. The summed E-state index contributed by atoms with van der Waals surface area (Å²) in [4.78, 5) is 0. The highest BCUT2D eigenvalue weighted by molar-refractivity contribution is 6.08. The topological polar surface area (TPSA) is 46.2 Å². The van der Waals surface area contributed by atoms with Gasteiger partial charge in [-0.3, -0.25) is 0 Å². The van der Waals surface area contributed by atoms with Crippen LogP contribution < -0.4 is 5.73 Å². The van der Waals surface area contributed by atoms with Gasteiger partial charge < -0.3 is 10.8 Å². The molecule has 2 heteroatoms. The van der Waals surface area contributed by atoms with Crippen LogP contribution >= 0.6 is 0 Å². The number of nitrogens with two attached hydrogens (primary N) is 1. The molecule has 0 heterocycles. The summed E-state index contributed by atoms with van der Waals surface area (Å²) in [7, 11) is 0. The van der Waals surface area contributed by atoms with E-state index in [4.69, 9.17) is 10.8 Å². The van der Waals surface area contributed by atoms with Gasteiger partial charge in [0, 0.05) is 12.6 Å². The van der Waals surface area contributed by atoms with Crippen LogP contribution in [0, 0.1) is 0 Å². The van der Waals surface area contributed by atoms with Gasteiger partial charge in [-0.2, -0.15) is 0 Å². The Bertz CT molecular complexity index is 751. The molecule has 0 bridgehead atoms. The Labute approximate surface area is 125 Å². The Kier molecular flexibility index (Phi) is 4.18. The largest absolute Gasteiger partial charge is 0.396 e. The lowest BCUT2D eigenvalue weighted by Gasteiger charge is -2.15. The van der Waals surface area contributed by atoms with Crippen molar-refractivity contribution in [2.45, 2.75) is 25.3 Å². The van der Waals surface area contributed by atoms with Crippen molar-refractivity contribution in [3.8, 4) is 0 Å². The van der Waals surface area contributed by atoms with Gasteiger partial charge in [0.05, 0.1) is 0 Å². The van der Waals surface area contributed by atoms with Gasteiger partial charge in [0.2, 0.25) is 0 Å². The van der Waals surface area contributed by atoms with Crippen LogP contribution in [0.1, 0.15) is 18.4 Å². The van der Waals surface area contributed by atoms with E-state index in [9.17, 15) is 0 Å². The highest BCUT2D eigenvalue weighted by atomic mass is 16.2. The normalized spacial score (nSPS) is 12.9. The minimum Gasteiger partial charge on any atom is -0.396 e. The zero-order valence-electron chi connectivity index (χ0n) is 12.1. The van der Waals surface area contributed by atoms with Crippen LogP contribution in [0.3, 0.4) is 0 Å². The zero-order chi connectivity index (χ0) is 14.7. The van der Waals surface area contributed by atoms with Crippen molar-refractivity contribution in [1.29, 1.82) is 0 Å². The monoisotopic (exact) mass is 279 g/mol. The molecule has 1 atom stereocenters. The lowest BCUT2D eigenvalue weighted by molar-refractivity contribution is 0.279. The molecule has 0 aliphatic heterocycles. The average Bonchev–Trinajstić information content (AvgIpc) is 2.53. The van der Waals surface area contributed by atoms with Crippen molar-refractivity contribution in [3.63, 3.8) is 0 Å². The maximum atomic E-state index is 8.94. The molecular weight excluding hydrogens is 258 g/mol. The number of benzene rings is 3. The van der Waals surface area contributed by atoms with Crippen molar-refractivity contribution in [2.24, 2.45) is 5.73 Å². The smallest absolute Gasteiger partial charge is 0.0431 e. The maximum Gasteiger partial charge on any atom is 0.0431 e. The van der Waals surface area contributed by atoms with Crippen molar-refractivity contribution in [2.75, 3.05) is 6.61 Å². The van der Waals surface area contributed by atoms with E-state index in [1.54, 1.807) is 0 Å². The van der Waals surface area contributed by atoms with Gasteiger partial charge >= 0.3 is 0 Å². The summed E-state index contributed by atoms with van der Waals surface area (Å²) in [6.07, 6.45) is 2.48. The lowest BCUT2D eigenvalue weighted by atomic mass is 9.93. The van der Waals surface area contributed by atoms with Crippen LogP contribution in [0.2, 0.25) is 0 Å². The molecule has 0 saturated heterocycles. The number of aliphatic hydroxyl groups excluding tert-OH is 1. The highest BCUT2D eigenvalue weighted by Gasteiger charge is 2.09. The van der Waals surface area contributed by atoms with Crippen molar-refractivity contribution in [3.05, 3.63) is 60.2 Å². The molecule has 0 saturated carbocycles. The fourth-order valence-electron chi connectivity index (χ4n) is 3.04. The third-order valence-electron chi connectivity index (χ3n) is 4.07. The fourth-order valence-corrected chi connectivity index (χ4v) is 3.04. The first-order chi connectivity index (χ1) is 10.3. The zero-order valence-corrected chi connectivity index (χ0v) is 12.1. The van der Waals surface area contributed by atoms with E-state index in [1.165, 1.54) is 27.1 Å². The van der Waals surface area contributed by atoms with Crippen molar-refractivity contribution < 1.29 is 5.11 Å². The molecule has 0 aliphatic rings. The predicted molar refractivity (Wildman–Crippen MR) is 89.5 cm³/mol. The van der Waals surface area contributed by atoms with E-state index >= 15 is 0 Å². The van der Waals surface area contributed by atoms with Crippen molar-refractivity contribution in [1.82, 2.24) is 0 Å². The summed E-state index contributed by atoms with van der Waals surface area (Å²) in [5.74, 6) is 0. The summed E-state index contributed by atoms with van der Waals surface area (Å²) in [5, 5.41) is 14.1. The second-order valence-electron chi connectivity index (χ2n) is 5.63. The van der Waals surface area contributed by atoms with Crippen LogP contribution in [0.5, 0.6) is 0 Å². The van der Waals surface area contributed by atoms with Gasteiger partial charge in [-0.25, -0.2) is 0 Å². The SMILES string of the molecule is NC(CCCO)Cc1cc2ccccc2c2ccccc12. The molecule has 3 aromatic carbocycles. The number of fused-ring (bicyclic) bond motifs is 3. The van der Waals surface area contributed by atoms with E-state index in [-0.39, 0.29) is 12.6 Å². The Morgan fingerprint density at radius 2 is 1.57 bits per heavy atom. The third-order valence-corrected chi connectivity index (χ3v) is 4.07. The molecule has 0 amide bonds. The van der Waals surface area contributed by atoms with E-state index in [1.807, 2.05) is 0 Å². The summed E-state index contributed by atoms with van der Waals surface area (Å²) >= 11 is 0. The molecule has 0 aromatic heterocycles. The molecule has 0 aliphatic carbocycles. The molecule has 1 unspecified atom stereocenters. The van der Waals surface area contributed by atoms with E-state index in [2.05, 4.69) is 54.6 Å². The number of aliphatic hydroxyl groups is 1. The van der Waals surface area contributed by atoms with Gasteiger partial charge in [-0.1, -0.05) is 54.6 Å². The van der Waals surface area contributed by atoms with Gasteiger partial charge in [0.1, 0.15) is 0 Å².